The largest absolute Gasteiger partial charge is 0.454 e. The molecule has 6 nitrogen and oxygen atoms in total. The Labute approximate surface area is 128 Å². The van der Waals surface area contributed by atoms with Crippen molar-refractivity contribution in [3.8, 4) is 0 Å². The lowest BCUT2D eigenvalue weighted by molar-refractivity contribution is -0.668. The summed E-state index contributed by atoms with van der Waals surface area (Å²) in [4.78, 5) is 22.2. The molecule has 0 saturated carbocycles. The minimum absolute atomic E-state index is 0.0398. The van der Waals surface area contributed by atoms with E-state index < -0.39 is 10.5 Å². The molecule has 1 fully saturated rings. The molecule has 0 atom stereocenters. The number of benzene rings is 1. The Balaban J connectivity index is 2.26. The van der Waals surface area contributed by atoms with Crippen LogP contribution < -0.4 is 5.32 Å². The fraction of sp³-hybridized carbons (Fsp3) is 0.500. The third-order valence-electron chi connectivity index (χ3n) is 3.73. The fourth-order valence-electron chi connectivity index (χ4n) is 2.64. The van der Waals surface area contributed by atoms with Crippen LogP contribution >= 0.6 is 12.6 Å². The summed E-state index contributed by atoms with van der Waals surface area (Å²) in [5.41, 5.74) is 0.204. The quantitative estimate of drug-likeness (QED) is 0.368. The molecule has 2 rings (SSSR count). The maximum Gasteiger partial charge on any atom is 0.307 e. The van der Waals surface area contributed by atoms with E-state index in [1.54, 1.807) is 12.1 Å². The summed E-state index contributed by atoms with van der Waals surface area (Å²) in [6, 6.07) is 6.30. The van der Waals surface area contributed by atoms with Crippen LogP contribution in [0.5, 0.6) is 0 Å². The number of quaternary nitrogens is 1. The van der Waals surface area contributed by atoms with Gasteiger partial charge in [0.15, 0.2) is 0 Å². The second-order valence-electron chi connectivity index (χ2n) is 5.11. The zero-order valence-electron chi connectivity index (χ0n) is 11.7. The molecule has 0 aliphatic carbocycles. The van der Waals surface area contributed by atoms with Crippen LogP contribution in [0, 0.1) is 10.1 Å². The Bertz CT molecular complexity index is 512. The van der Waals surface area contributed by atoms with Gasteiger partial charge in [-0.05, 0) is 17.7 Å². The Hall–Kier alpha value is -1.60. The van der Waals surface area contributed by atoms with Crippen molar-refractivity contribution in [3.05, 3.63) is 39.9 Å². The molecule has 0 radical (unpaired) electrons. The maximum absolute atomic E-state index is 11.9. The second kappa shape index (κ2) is 6.91. The number of nitrogens with zero attached hydrogens (tertiary/aromatic N) is 1. The molecule has 1 aliphatic rings. The highest BCUT2D eigenvalue weighted by atomic mass is 32.1. The summed E-state index contributed by atoms with van der Waals surface area (Å²) in [7, 11) is 0. The van der Waals surface area contributed by atoms with E-state index in [2.05, 4.69) is 17.9 Å². The molecule has 114 valence electrons. The van der Waals surface area contributed by atoms with Gasteiger partial charge in [0.25, 0.3) is 5.69 Å². The molecule has 0 aromatic heterocycles. The van der Waals surface area contributed by atoms with E-state index in [-0.39, 0.29) is 18.1 Å². The van der Waals surface area contributed by atoms with Crippen LogP contribution in [0.25, 0.3) is 0 Å². The third kappa shape index (κ3) is 3.74. The first-order valence-electron chi connectivity index (χ1n) is 6.97. The fourth-order valence-corrected chi connectivity index (χ4v) is 2.82. The minimum Gasteiger partial charge on any atom is -0.454 e. The van der Waals surface area contributed by atoms with Crippen molar-refractivity contribution >= 4 is 24.3 Å². The van der Waals surface area contributed by atoms with Gasteiger partial charge in [-0.3, -0.25) is 14.9 Å². The molecular formula is C14H19N2O4S+. The van der Waals surface area contributed by atoms with Crippen LogP contribution in [0.2, 0.25) is 0 Å². The first-order valence-corrected chi connectivity index (χ1v) is 7.60. The SMILES string of the molecule is O=C(CCS)OC1(c2ccc([N+](=O)[O-])cc2)CC[NH2+]CC1. The summed E-state index contributed by atoms with van der Waals surface area (Å²) in [5, 5.41) is 12.9. The Kier molecular flexibility index (Phi) is 5.19. The van der Waals surface area contributed by atoms with Crippen molar-refractivity contribution in [1.82, 2.24) is 0 Å². The molecule has 1 aromatic rings. The average molecular weight is 311 g/mol. The number of nitrogens with two attached hydrogens (primary N) is 1. The van der Waals surface area contributed by atoms with Crippen LogP contribution in [0.1, 0.15) is 24.8 Å². The third-order valence-corrected chi connectivity index (χ3v) is 3.96. The van der Waals surface area contributed by atoms with Gasteiger partial charge in [0.1, 0.15) is 5.60 Å². The molecule has 2 N–H and O–H groups in total. The molecule has 7 heteroatoms. The molecule has 0 bridgehead atoms. The van der Waals surface area contributed by atoms with Crippen molar-refractivity contribution in [2.45, 2.75) is 24.9 Å². The number of nitro benzene ring substituents is 1. The molecule has 1 saturated heterocycles. The number of hydrogen-bond donors (Lipinski definition) is 2. The van der Waals surface area contributed by atoms with Gasteiger partial charge in [0, 0.05) is 30.7 Å². The lowest BCUT2D eigenvalue weighted by Crippen LogP contribution is -2.87. The molecule has 1 aromatic carbocycles. The van der Waals surface area contributed by atoms with Crippen LogP contribution in [0.3, 0.4) is 0 Å². The number of thiol groups is 1. The summed E-state index contributed by atoms with van der Waals surface area (Å²) in [5.74, 6) is 0.173. The van der Waals surface area contributed by atoms with Crippen LogP contribution in [0.15, 0.2) is 24.3 Å². The van der Waals surface area contributed by atoms with Crippen molar-refractivity contribution in [1.29, 1.82) is 0 Å². The van der Waals surface area contributed by atoms with Gasteiger partial charge < -0.3 is 10.1 Å². The summed E-state index contributed by atoms with van der Waals surface area (Å²) >= 11 is 4.05. The highest BCUT2D eigenvalue weighted by Gasteiger charge is 2.39. The van der Waals surface area contributed by atoms with E-state index in [4.69, 9.17) is 4.74 Å². The summed E-state index contributed by atoms with van der Waals surface area (Å²) in [6.45, 7) is 1.73. The standard InChI is InChI=1S/C14H18N2O4S/c17-13(5-10-21)20-14(6-8-15-9-7-14)11-1-3-12(4-2-11)16(18)19/h1-4,15,21H,5-10H2/p+1. The lowest BCUT2D eigenvalue weighted by atomic mass is 9.84. The summed E-state index contributed by atoms with van der Waals surface area (Å²) < 4.78 is 5.73. The second-order valence-corrected chi connectivity index (χ2v) is 5.56. The minimum atomic E-state index is -0.663. The maximum atomic E-state index is 11.9. The number of hydrogen-bond acceptors (Lipinski definition) is 5. The number of ether oxygens (including phenoxy) is 1. The van der Waals surface area contributed by atoms with Gasteiger partial charge in [0.2, 0.25) is 0 Å². The van der Waals surface area contributed by atoms with Gasteiger partial charge in [-0.1, -0.05) is 0 Å². The number of piperidine rings is 1. The zero-order valence-corrected chi connectivity index (χ0v) is 12.6. The van der Waals surface area contributed by atoms with E-state index in [0.29, 0.717) is 18.6 Å². The van der Waals surface area contributed by atoms with E-state index in [0.717, 1.165) is 18.7 Å². The molecule has 0 spiro atoms. The smallest absolute Gasteiger partial charge is 0.307 e. The predicted octanol–water partition coefficient (Wildman–Crippen LogP) is 1.01. The number of carbonyl (C=O) groups is 1. The van der Waals surface area contributed by atoms with Crippen molar-refractivity contribution in [2.24, 2.45) is 0 Å². The van der Waals surface area contributed by atoms with Crippen LogP contribution in [0.4, 0.5) is 5.69 Å². The van der Waals surface area contributed by atoms with Crippen LogP contribution in [-0.2, 0) is 15.1 Å². The number of esters is 1. The molecule has 0 amide bonds. The zero-order chi connectivity index (χ0) is 15.3. The summed E-state index contributed by atoms with van der Waals surface area (Å²) in [6.07, 6.45) is 1.69. The predicted molar refractivity (Wildman–Crippen MR) is 80.2 cm³/mol. The Morgan fingerprint density at radius 3 is 2.48 bits per heavy atom. The van der Waals surface area contributed by atoms with E-state index in [1.165, 1.54) is 12.1 Å². The van der Waals surface area contributed by atoms with Crippen molar-refractivity contribution in [2.75, 3.05) is 18.8 Å². The number of nitro groups is 1. The molecule has 21 heavy (non-hydrogen) atoms. The first kappa shape index (κ1) is 15.8. The van der Waals surface area contributed by atoms with E-state index in [9.17, 15) is 14.9 Å². The lowest BCUT2D eigenvalue weighted by Gasteiger charge is -2.35. The normalized spacial score (nSPS) is 17.2. The molecule has 0 unspecified atom stereocenters. The highest BCUT2D eigenvalue weighted by molar-refractivity contribution is 7.80. The molecule has 1 aliphatic heterocycles. The Morgan fingerprint density at radius 1 is 1.33 bits per heavy atom. The van der Waals surface area contributed by atoms with Gasteiger partial charge in [-0.25, -0.2) is 0 Å². The van der Waals surface area contributed by atoms with Crippen molar-refractivity contribution in [3.63, 3.8) is 0 Å². The van der Waals surface area contributed by atoms with E-state index >= 15 is 0 Å². The number of rotatable bonds is 5. The highest BCUT2D eigenvalue weighted by Crippen LogP contribution is 2.35. The Morgan fingerprint density at radius 2 is 1.95 bits per heavy atom. The molecule has 1 heterocycles. The topological polar surface area (TPSA) is 86.0 Å². The number of non-ortho nitro benzene ring substituents is 1. The van der Waals surface area contributed by atoms with Gasteiger partial charge in [-0.15, -0.1) is 0 Å². The van der Waals surface area contributed by atoms with Crippen LogP contribution in [-0.4, -0.2) is 29.7 Å². The van der Waals surface area contributed by atoms with Gasteiger partial charge >= 0.3 is 5.97 Å². The average Bonchev–Trinajstić information content (AvgIpc) is 2.48. The molecular weight excluding hydrogens is 292 g/mol. The van der Waals surface area contributed by atoms with Crippen molar-refractivity contribution < 1.29 is 19.8 Å². The van der Waals surface area contributed by atoms with E-state index in [1.807, 2.05) is 0 Å². The number of carbonyl (C=O) groups excluding carboxylic acids is 1. The monoisotopic (exact) mass is 311 g/mol. The van der Waals surface area contributed by atoms with Gasteiger partial charge in [-0.2, -0.15) is 12.6 Å². The first-order chi connectivity index (χ1) is 10.1. The van der Waals surface area contributed by atoms with Gasteiger partial charge in [0.05, 0.1) is 24.4 Å².